The fraction of sp³-hybridized carbons (Fsp3) is 0.733. The van der Waals surface area contributed by atoms with Crippen molar-refractivity contribution in [2.45, 2.75) is 45.6 Å². The van der Waals surface area contributed by atoms with E-state index < -0.39 is 5.60 Å². The van der Waals surface area contributed by atoms with E-state index in [2.05, 4.69) is 24.1 Å². The Balaban J connectivity index is 1.67. The molecule has 20 heavy (non-hydrogen) atoms. The van der Waals surface area contributed by atoms with Crippen LogP contribution >= 0.6 is 11.3 Å². The molecule has 4 rings (SSSR count). The number of rotatable bonds is 2. The van der Waals surface area contributed by atoms with Gasteiger partial charge in [0, 0.05) is 16.2 Å². The van der Waals surface area contributed by atoms with E-state index in [1.807, 2.05) is 12.3 Å². The lowest BCUT2D eigenvalue weighted by atomic mass is 9.66. The summed E-state index contributed by atoms with van der Waals surface area (Å²) in [7, 11) is 0. The summed E-state index contributed by atoms with van der Waals surface area (Å²) in [4.78, 5) is 17.2. The van der Waals surface area contributed by atoms with Gasteiger partial charge in [-0.1, -0.05) is 13.8 Å². The van der Waals surface area contributed by atoms with Gasteiger partial charge in [-0.25, -0.2) is 4.98 Å². The number of anilines is 1. The average molecular weight is 292 g/mol. The van der Waals surface area contributed by atoms with E-state index in [1.54, 1.807) is 0 Å². The summed E-state index contributed by atoms with van der Waals surface area (Å²) in [6, 6.07) is 0. The van der Waals surface area contributed by atoms with E-state index >= 15 is 0 Å². The molecule has 1 aromatic heterocycles. The maximum atomic E-state index is 12.9. The predicted molar refractivity (Wildman–Crippen MR) is 77.7 cm³/mol. The van der Waals surface area contributed by atoms with Crippen LogP contribution in [0.15, 0.2) is 5.38 Å². The SMILES string of the molecule is Cc1csc(NC(=O)[C@@]23C[C@H]4CC[C@@]2(C)[C@@]4(C)CO3)n1. The lowest BCUT2D eigenvalue weighted by Gasteiger charge is -2.39. The smallest absolute Gasteiger partial charge is 0.259 e. The summed E-state index contributed by atoms with van der Waals surface area (Å²) in [6.45, 7) is 7.21. The van der Waals surface area contributed by atoms with Crippen molar-refractivity contribution in [1.29, 1.82) is 0 Å². The molecule has 5 heteroatoms. The number of amides is 1. The Labute approximate surface area is 122 Å². The van der Waals surface area contributed by atoms with Crippen LogP contribution in [0.4, 0.5) is 5.13 Å². The van der Waals surface area contributed by atoms with Crippen LogP contribution in [0.25, 0.3) is 0 Å². The molecule has 2 aliphatic carbocycles. The lowest BCUT2D eigenvalue weighted by molar-refractivity contribution is -0.149. The topological polar surface area (TPSA) is 51.2 Å². The van der Waals surface area contributed by atoms with Gasteiger partial charge < -0.3 is 4.74 Å². The first-order valence-electron chi connectivity index (χ1n) is 7.29. The monoisotopic (exact) mass is 292 g/mol. The normalized spacial score (nSPS) is 45.0. The number of nitrogens with zero attached hydrogens (tertiary/aromatic N) is 1. The van der Waals surface area contributed by atoms with Crippen molar-refractivity contribution < 1.29 is 9.53 Å². The molecule has 0 unspecified atom stereocenters. The number of ether oxygens (including phenoxy) is 1. The van der Waals surface area contributed by atoms with Crippen molar-refractivity contribution >= 4 is 22.4 Å². The molecular weight excluding hydrogens is 272 g/mol. The summed E-state index contributed by atoms with van der Waals surface area (Å²) < 4.78 is 6.09. The molecule has 108 valence electrons. The molecule has 0 radical (unpaired) electrons. The second-order valence-corrected chi connectivity index (χ2v) is 7.91. The summed E-state index contributed by atoms with van der Waals surface area (Å²) in [5.74, 6) is 0.644. The molecule has 3 aliphatic rings. The van der Waals surface area contributed by atoms with E-state index in [1.165, 1.54) is 17.8 Å². The molecule has 2 heterocycles. The Kier molecular flexibility index (Phi) is 2.32. The molecular formula is C15H20N2O2S. The maximum Gasteiger partial charge on any atom is 0.259 e. The number of hydrogen-bond acceptors (Lipinski definition) is 4. The lowest BCUT2D eigenvalue weighted by Crippen LogP contribution is -2.52. The van der Waals surface area contributed by atoms with E-state index in [9.17, 15) is 4.79 Å². The van der Waals surface area contributed by atoms with Gasteiger partial charge in [0.25, 0.3) is 5.91 Å². The maximum absolute atomic E-state index is 12.9. The third kappa shape index (κ3) is 1.22. The first-order chi connectivity index (χ1) is 9.41. The second kappa shape index (κ2) is 3.63. The molecule has 1 amide bonds. The Bertz CT molecular complexity index is 600. The Morgan fingerprint density at radius 2 is 2.35 bits per heavy atom. The number of aromatic nitrogens is 1. The highest BCUT2D eigenvalue weighted by atomic mass is 32.1. The third-order valence-electron chi connectivity index (χ3n) is 6.40. The minimum atomic E-state index is -0.635. The first kappa shape index (κ1) is 12.8. The second-order valence-electron chi connectivity index (χ2n) is 7.05. The van der Waals surface area contributed by atoms with Crippen molar-refractivity contribution in [3.05, 3.63) is 11.1 Å². The average Bonchev–Trinajstić information content (AvgIpc) is 3.04. The zero-order chi connectivity index (χ0) is 14.2. The highest BCUT2D eigenvalue weighted by Gasteiger charge is 2.78. The quantitative estimate of drug-likeness (QED) is 0.911. The number of carbonyl (C=O) groups excluding carboxylic acids is 1. The molecule has 1 aromatic rings. The number of carbonyl (C=O) groups is 1. The van der Waals surface area contributed by atoms with Crippen LogP contribution in [0.1, 0.15) is 38.8 Å². The van der Waals surface area contributed by atoms with Crippen molar-refractivity contribution in [3.63, 3.8) is 0 Å². The van der Waals surface area contributed by atoms with Crippen LogP contribution in [0.2, 0.25) is 0 Å². The molecule has 1 N–H and O–H groups in total. The van der Waals surface area contributed by atoms with Gasteiger partial charge in [-0.3, -0.25) is 10.1 Å². The molecule has 0 spiro atoms. The fourth-order valence-electron chi connectivity index (χ4n) is 4.87. The number of aryl methyl sites for hydroxylation is 1. The zero-order valence-corrected chi connectivity index (χ0v) is 13.0. The van der Waals surface area contributed by atoms with Crippen LogP contribution in [0.5, 0.6) is 0 Å². The molecule has 1 aliphatic heterocycles. The molecule has 4 nitrogen and oxygen atoms in total. The molecule has 4 bridgehead atoms. The highest BCUT2D eigenvalue weighted by Crippen LogP contribution is 2.75. The van der Waals surface area contributed by atoms with Crippen molar-refractivity contribution in [2.75, 3.05) is 11.9 Å². The van der Waals surface area contributed by atoms with Gasteiger partial charge in [-0.15, -0.1) is 11.3 Å². The van der Waals surface area contributed by atoms with E-state index in [0.29, 0.717) is 11.0 Å². The number of hydrogen-bond donors (Lipinski definition) is 1. The van der Waals surface area contributed by atoms with E-state index in [-0.39, 0.29) is 16.7 Å². The van der Waals surface area contributed by atoms with Gasteiger partial charge in [0.15, 0.2) is 10.7 Å². The zero-order valence-electron chi connectivity index (χ0n) is 12.2. The summed E-state index contributed by atoms with van der Waals surface area (Å²) in [5.41, 5.74) is 0.452. The van der Waals surface area contributed by atoms with Crippen LogP contribution in [0, 0.1) is 23.7 Å². The van der Waals surface area contributed by atoms with Gasteiger partial charge >= 0.3 is 0 Å². The van der Waals surface area contributed by atoms with Crippen LogP contribution in [-0.2, 0) is 9.53 Å². The van der Waals surface area contributed by atoms with E-state index in [0.717, 1.165) is 25.1 Å². The van der Waals surface area contributed by atoms with Crippen LogP contribution in [-0.4, -0.2) is 23.1 Å². The molecule has 1 saturated heterocycles. The number of thiazole rings is 1. The summed E-state index contributed by atoms with van der Waals surface area (Å²) in [5, 5.41) is 5.63. The minimum Gasteiger partial charge on any atom is -0.364 e. The molecule has 4 atom stereocenters. The first-order valence-corrected chi connectivity index (χ1v) is 8.17. The van der Waals surface area contributed by atoms with Gasteiger partial charge in [0.05, 0.1) is 12.3 Å². The summed E-state index contributed by atoms with van der Waals surface area (Å²) >= 11 is 1.48. The molecule has 0 aromatic carbocycles. The van der Waals surface area contributed by atoms with Crippen molar-refractivity contribution in [2.24, 2.45) is 16.7 Å². The van der Waals surface area contributed by atoms with Gasteiger partial charge in [0.2, 0.25) is 0 Å². The Morgan fingerprint density at radius 1 is 1.55 bits per heavy atom. The van der Waals surface area contributed by atoms with Crippen molar-refractivity contribution in [1.82, 2.24) is 4.98 Å². The standard InChI is InChI=1S/C15H20N2O2S/c1-9-7-20-12(16-9)17-11(18)15-6-10-4-5-14(15,3)13(10,2)8-19-15/h7,10H,4-6,8H2,1-3H3,(H,16,17,18)/t10-,13+,14+,15+/m1/s1. The van der Waals surface area contributed by atoms with Crippen LogP contribution < -0.4 is 5.32 Å². The highest BCUT2D eigenvalue weighted by molar-refractivity contribution is 7.13. The predicted octanol–water partition coefficient (Wildman–Crippen LogP) is 2.99. The number of nitrogens with one attached hydrogen (secondary N) is 1. The largest absolute Gasteiger partial charge is 0.364 e. The van der Waals surface area contributed by atoms with Crippen LogP contribution in [0.3, 0.4) is 0 Å². The molecule has 3 fully saturated rings. The van der Waals surface area contributed by atoms with E-state index in [4.69, 9.17) is 4.74 Å². The minimum absolute atomic E-state index is 0.0141. The molecule has 2 saturated carbocycles. The summed E-state index contributed by atoms with van der Waals surface area (Å²) in [6.07, 6.45) is 3.20. The van der Waals surface area contributed by atoms with Crippen molar-refractivity contribution in [3.8, 4) is 0 Å². The fourth-order valence-corrected chi connectivity index (χ4v) is 5.55. The Morgan fingerprint density at radius 3 is 2.95 bits per heavy atom. The van der Waals surface area contributed by atoms with Gasteiger partial charge in [-0.05, 0) is 32.1 Å². The van der Waals surface area contributed by atoms with Gasteiger partial charge in [-0.2, -0.15) is 0 Å². The Hall–Kier alpha value is -0.940. The third-order valence-corrected chi connectivity index (χ3v) is 7.28. The van der Waals surface area contributed by atoms with Gasteiger partial charge in [0.1, 0.15) is 0 Å².